The molecule has 1 aromatic rings. The number of anilines is 1. The van der Waals surface area contributed by atoms with Gasteiger partial charge in [0.2, 0.25) is 0 Å². The molecule has 0 fully saturated rings. The van der Waals surface area contributed by atoms with E-state index in [1.807, 2.05) is 32.0 Å². The first-order valence-corrected chi connectivity index (χ1v) is 7.68. The van der Waals surface area contributed by atoms with Gasteiger partial charge in [-0.2, -0.15) is 0 Å². The largest absolute Gasteiger partial charge is 0.456 e. The molecule has 1 aromatic carbocycles. The number of urea groups is 1. The van der Waals surface area contributed by atoms with Crippen LogP contribution in [-0.4, -0.2) is 44.1 Å². The summed E-state index contributed by atoms with van der Waals surface area (Å²) >= 11 is 6.13. The number of hydrogen-bond donors (Lipinski definition) is 2. The Labute approximate surface area is 140 Å². The molecule has 2 amide bonds. The summed E-state index contributed by atoms with van der Waals surface area (Å²) < 4.78 is 4.98. The van der Waals surface area contributed by atoms with Gasteiger partial charge in [0.15, 0.2) is 0 Å². The van der Waals surface area contributed by atoms with Gasteiger partial charge in [0.05, 0.1) is 11.3 Å². The number of benzene rings is 1. The molecule has 7 heteroatoms. The van der Waals surface area contributed by atoms with Crippen molar-refractivity contribution in [2.24, 2.45) is 0 Å². The molecule has 1 aliphatic heterocycles. The average Bonchev–Trinajstić information content (AvgIpc) is 2.80. The van der Waals surface area contributed by atoms with Gasteiger partial charge >= 0.3 is 12.0 Å². The Morgan fingerprint density at radius 3 is 2.70 bits per heavy atom. The van der Waals surface area contributed by atoms with Crippen molar-refractivity contribution in [1.82, 2.24) is 10.2 Å². The topological polar surface area (TPSA) is 70.7 Å². The number of esters is 1. The maximum atomic E-state index is 12.1. The number of carbonyl (C=O) groups excluding carboxylic acids is 2. The van der Waals surface area contributed by atoms with Crippen LogP contribution >= 0.6 is 11.6 Å². The van der Waals surface area contributed by atoms with E-state index in [9.17, 15) is 9.59 Å². The summed E-state index contributed by atoms with van der Waals surface area (Å²) in [6, 6.07) is 4.92. The Balaban J connectivity index is 2.05. The minimum atomic E-state index is -0.435. The summed E-state index contributed by atoms with van der Waals surface area (Å²) in [5.74, 6) is -0.399. The lowest BCUT2D eigenvalue weighted by atomic mass is 10.1. The number of likely N-dealkylation sites (N-methyl/N-ethyl adjacent to an activating group) is 1. The standard InChI is InChI=1S/C16H20ClN3O3/c1-4-10-5-6-11(7-13(10)17)18-16(22)19-14-9-23-15(21)12(14)8-20(2)3/h5-7H,4,8-9H2,1-3H3,(H2,18,19,22). The second-order valence-corrected chi connectivity index (χ2v) is 5.92. The zero-order chi connectivity index (χ0) is 17.0. The molecule has 0 saturated carbocycles. The van der Waals surface area contributed by atoms with Gasteiger partial charge in [-0.3, -0.25) is 0 Å². The molecule has 0 radical (unpaired) electrons. The first kappa shape index (κ1) is 17.3. The molecule has 2 rings (SSSR count). The third kappa shape index (κ3) is 4.46. The number of halogens is 1. The second-order valence-electron chi connectivity index (χ2n) is 5.51. The smallest absolute Gasteiger partial charge is 0.337 e. The van der Waals surface area contributed by atoms with E-state index >= 15 is 0 Å². The SMILES string of the molecule is CCc1ccc(NC(=O)NC2=C(CN(C)C)C(=O)OC2)cc1Cl. The molecule has 0 bridgehead atoms. The van der Waals surface area contributed by atoms with Crippen molar-refractivity contribution in [3.05, 3.63) is 40.1 Å². The van der Waals surface area contributed by atoms with E-state index in [0.717, 1.165) is 12.0 Å². The summed E-state index contributed by atoms with van der Waals surface area (Å²) in [4.78, 5) is 25.6. The van der Waals surface area contributed by atoms with Gasteiger partial charge in [-0.15, -0.1) is 0 Å². The molecule has 2 N–H and O–H groups in total. The number of hydrogen-bond acceptors (Lipinski definition) is 4. The molecular weight excluding hydrogens is 318 g/mol. The number of ether oxygens (including phenoxy) is 1. The lowest BCUT2D eigenvalue weighted by Gasteiger charge is -2.12. The average molecular weight is 338 g/mol. The Hall–Kier alpha value is -2.05. The van der Waals surface area contributed by atoms with Crippen LogP contribution in [0, 0.1) is 0 Å². The number of nitrogens with one attached hydrogen (secondary N) is 2. The number of nitrogens with zero attached hydrogens (tertiary/aromatic N) is 1. The van der Waals surface area contributed by atoms with Crippen LogP contribution in [0.25, 0.3) is 0 Å². The Morgan fingerprint density at radius 2 is 2.09 bits per heavy atom. The Morgan fingerprint density at radius 1 is 1.35 bits per heavy atom. The van der Waals surface area contributed by atoms with E-state index in [2.05, 4.69) is 10.6 Å². The number of carbonyl (C=O) groups is 2. The highest BCUT2D eigenvalue weighted by Gasteiger charge is 2.26. The van der Waals surface area contributed by atoms with Crippen molar-refractivity contribution in [2.75, 3.05) is 32.6 Å². The molecule has 0 saturated heterocycles. The number of aryl methyl sites for hydroxylation is 1. The predicted molar refractivity (Wildman–Crippen MR) is 89.5 cm³/mol. The monoisotopic (exact) mass is 337 g/mol. The highest BCUT2D eigenvalue weighted by Crippen LogP contribution is 2.21. The molecule has 0 aliphatic carbocycles. The van der Waals surface area contributed by atoms with Crippen molar-refractivity contribution < 1.29 is 14.3 Å². The van der Waals surface area contributed by atoms with Crippen LogP contribution in [0.3, 0.4) is 0 Å². The van der Waals surface area contributed by atoms with Crippen LogP contribution in [0.1, 0.15) is 12.5 Å². The Bertz CT molecular complexity index is 656. The maximum absolute atomic E-state index is 12.1. The first-order valence-electron chi connectivity index (χ1n) is 7.31. The quantitative estimate of drug-likeness (QED) is 0.809. The third-order valence-corrected chi connectivity index (χ3v) is 3.74. The van der Waals surface area contributed by atoms with Gasteiger partial charge in [0, 0.05) is 17.3 Å². The number of amides is 2. The minimum absolute atomic E-state index is 0.0744. The molecule has 0 atom stereocenters. The fraction of sp³-hybridized carbons (Fsp3) is 0.375. The fourth-order valence-electron chi connectivity index (χ4n) is 2.23. The molecule has 0 aromatic heterocycles. The van der Waals surface area contributed by atoms with E-state index in [4.69, 9.17) is 16.3 Å². The van der Waals surface area contributed by atoms with E-state index < -0.39 is 12.0 Å². The summed E-state index contributed by atoms with van der Waals surface area (Å²) in [6.45, 7) is 2.49. The summed E-state index contributed by atoms with van der Waals surface area (Å²) in [6.07, 6.45) is 0.825. The zero-order valence-corrected chi connectivity index (χ0v) is 14.2. The van der Waals surface area contributed by atoms with Crippen LogP contribution < -0.4 is 10.6 Å². The highest BCUT2D eigenvalue weighted by molar-refractivity contribution is 6.31. The fourth-order valence-corrected chi connectivity index (χ4v) is 2.55. The van der Waals surface area contributed by atoms with Gasteiger partial charge in [0.1, 0.15) is 6.61 Å². The molecule has 124 valence electrons. The Kier molecular flexibility index (Phi) is 5.63. The second kappa shape index (κ2) is 7.48. The van der Waals surface area contributed by atoms with Gasteiger partial charge < -0.3 is 20.3 Å². The molecule has 0 unspecified atom stereocenters. The van der Waals surface area contributed by atoms with E-state index in [1.54, 1.807) is 12.1 Å². The number of cyclic esters (lactones) is 1. The van der Waals surface area contributed by atoms with Crippen molar-refractivity contribution in [3.63, 3.8) is 0 Å². The highest BCUT2D eigenvalue weighted by atomic mass is 35.5. The van der Waals surface area contributed by atoms with Crippen LogP contribution in [0.2, 0.25) is 5.02 Å². The van der Waals surface area contributed by atoms with Gasteiger partial charge in [-0.1, -0.05) is 24.6 Å². The molecule has 1 heterocycles. The summed E-state index contributed by atoms with van der Waals surface area (Å²) in [5.41, 5.74) is 2.55. The van der Waals surface area contributed by atoms with Crippen LogP contribution in [0.4, 0.5) is 10.5 Å². The van der Waals surface area contributed by atoms with Crippen molar-refractivity contribution in [2.45, 2.75) is 13.3 Å². The lowest BCUT2D eigenvalue weighted by Crippen LogP contribution is -2.30. The molecule has 0 spiro atoms. The van der Waals surface area contributed by atoms with Crippen LogP contribution in [-0.2, 0) is 16.0 Å². The van der Waals surface area contributed by atoms with Crippen LogP contribution in [0.15, 0.2) is 29.5 Å². The minimum Gasteiger partial charge on any atom is -0.456 e. The van der Waals surface area contributed by atoms with Crippen molar-refractivity contribution in [1.29, 1.82) is 0 Å². The van der Waals surface area contributed by atoms with E-state index in [1.165, 1.54) is 0 Å². The van der Waals surface area contributed by atoms with Crippen LogP contribution in [0.5, 0.6) is 0 Å². The van der Waals surface area contributed by atoms with Crippen molar-refractivity contribution >= 4 is 29.3 Å². The van der Waals surface area contributed by atoms with Gasteiger partial charge in [-0.25, -0.2) is 9.59 Å². The molecule has 23 heavy (non-hydrogen) atoms. The molecule has 1 aliphatic rings. The predicted octanol–water partition coefficient (Wildman–Crippen LogP) is 2.40. The molecular formula is C16H20ClN3O3. The van der Waals surface area contributed by atoms with Crippen molar-refractivity contribution in [3.8, 4) is 0 Å². The van der Waals surface area contributed by atoms with E-state index in [-0.39, 0.29) is 6.61 Å². The first-order chi connectivity index (χ1) is 10.9. The normalized spacial score (nSPS) is 14.2. The van der Waals surface area contributed by atoms with Gasteiger partial charge in [-0.05, 0) is 38.2 Å². The maximum Gasteiger partial charge on any atom is 0.337 e. The molecule has 6 nitrogen and oxygen atoms in total. The lowest BCUT2D eigenvalue weighted by molar-refractivity contribution is -0.136. The summed E-state index contributed by atoms with van der Waals surface area (Å²) in [7, 11) is 3.68. The van der Waals surface area contributed by atoms with Gasteiger partial charge in [0.25, 0.3) is 0 Å². The third-order valence-electron chi connectivity index (χ3n) is 3.39. The zero-order valence-electron chi connectivity index (χ0n) is 13.4. The summed E-state index contributed by atoms with van der Waals surface area (Å²) in [5, 5.41) is 5.98. The number of rotatable bonds is 5. The van der Waals surface area contributed by atoms with E-state index in [0.29, 0.717) is 28.5 Å².